The Bertz CT molecular complexity index is 1040. The number of anilines is 1. The second-order valence-electron chi connectivity index (χ2n) is 7.91. The summed E-state index contributed by atoms with van der Waals surface area (Å²) in [6, 6.07) is 12.7. The Labute approximate surface area is 183 Å². The van der Waals surface area contributed by atoms with Crippen molar-refractivity contribution in [2.45, 2.75) is 57.0 Å². The van der Waals surface area contributed by atoms with Gasteiger partial charge in [-0.3, -0.25) is 9.59 Å². The van der Waals surface area contributed by atoms with Crippen molar-refractivity contribution in [2.24, 2.45) is 0 Å². The third kappa shape index (κ3) is 5.51. The van der Waals surface area contributed by atoms with E-state index in [4.69, 9.17) is 4.74 Å². The topological polar surface area (TPSA) is 92.8 Å². The van der Waals surface area contributed by atoms with Crippen LogP contribution in [0.1, 0.15) is 50.4 Å². The van der Waals surface area contributed by atoms with Crippen molar-refractivity contribution in [3.63, 3.8) is 0 Å². The molecule has 2 atom stereocenters. The van der Waals surface area contributed by atoms with Gasteiger partial charge in [-0.1, -0.05) is 18.6 Å². The maximum Gasteiger partial charge on any atom is 0.262 e. The van der Waals surface area contributed by atoms with E-state index in [0.29, 0.717) is 17.0 Å². The van der Waals surface area contributed by atoms with Gasteiger partial charge < -0.3 is 10.1 Å². The van der Waals surface area contributed by atoms with Gasteiger partial charge in [0.1, 0.15) is 5.75 Å². The number of carbonyl (C=O) groups excluding carboxylic acids is 2. The average molecular weight is 445 g/mol. The fourth-order valence-corrected chi connectivity index (χ4v) is 5.74. The third-order valence-electron chi connectivity index (χ3n) is 5.44. The lowest BCUT2D eigenvalue weighted by Gasteiger charge is -2.37. The van der Waals surface area contributed by atoms with E-state index in [-0.39, 0.29) is 35.3 Å². The van der Waals surface area contributed by atoms with Gasteiger partial charge in [-0.2, -0.15) is 4.31 Å². The number of hydrogen-bond acceptors (Lipinski definition) is 5. The van der Waals surface area contributed by atoms with Crippen LogP contribution in [0.5, 0.6) is 5.75 Å². The van der Waals surface area contributed by atoms with E-state index < -0.39 is 10.0 Å². The van der Waals surface area contributed by atoms with Crippen LogP contribution < -0.4 is 10.1 Å². The molecule has 166 valence electrons. The van der Waals surface area contributed by atoms with Gasteiger partial charge in [0.2, 0.25) is 10.0 Å². The van der Waals surface area contributed by atoms with Crippen LogP contribution in [-0.4, -0.2) is 43.1 Å². The zero-order valence-corrected chi connectivity index (χ0v) is 18.8. The monoisotopic (exact) mass is 444 g/mol. The lowest BCUT2D eigenvalue weighted by molar-refractivity contribution is -0.118. The SMILES string of the molecule is CC(=O)c1cccc(OCC(=O)Nc2ccc(S(=O)(=O)N3C(C)CCCC3C)cc2)c1. The number of nitrogens with one attached hydrogen (secondary N) is 1. The Morgan fingerprint density at radius 1 is 1.06 bits per heavy atom. The number of Topliss-reactive ketones (excluding diaryl/α,β-unsaturated/α-hetero) is 1. The summed E-state index contributed by atoms with van der Waals surface area (Å²) in [5.41, 5.74) is 0.983. The number of benzene rings is 2. The second kappa shape index (κ2) is 9.62. The maximum atomic E-state index is 13.1. The van der Waals surface area contributed by atoms with Crippen molar-refractivity contribution in [1.29, 1.82) is 0 Å². The lowest BCUT2D eigenvalue weighted by atomic mass is 10.0. The Hall–Kier alpha value is -2.71. The molecule has 7 nitrogen and oxygen atoms in total. The van der Waals surface area contributed by atoms with Gasteiger partial charge in [-0.05, 0) is 70.0 Å². The van der Waals surface area contributed by atoms with Crippen LogP contribution in [0, 0.1) is 0 Å². The predicted octanol–water partition coefficient (Wildman–Crippen LogP) is 3.86. The minimum Gasteiger partial charge on any atom is -0.484 e. The molecule has 8 heteroatoms. The van der Waals surface area contributed by atoms with Crippen LogP contribution in [0.15, 0.2) is 53.4 Å². The molecular formula is C23H28N2O5S. The van der Waals surface area contributed by atoms with Gasteiger partial charge in [0.25, 0.3) is 5.91 Å². The molecule has 2 aromatic carbocycles. The highest BCUT2D eigenvalue weighted by Crippen LogP contribution is 2.30. The molecule has 1 heterocycles. The van der Waals surface area contributed by atoms with Gasteiger partial charge >= 0.3 is 0 Å². The molecule has 2 aromatic rings. The number of amides is 1. The molecule has 0 bridgehead atoms. The van der Waals surface area contributed by atoms with Crippen LogP contribution in [0.3, 0.4) is 0 Å². The summed E-state index contributed by atoms with van der Waals surface area (Å²) in [5.74, 6) is -0.0468. The first-order chi connectivity index (χ1) is 14.7. The van der Waals surface area contributed by atoms with E-state index in [1.165, 1.54) is 19.1 Å². The molecule has 0 radical (unpaired) electrons. The Balaban J connectivity index is 1.62. The molecule has 1 N–H and O–H groups in total. The fraction of sp³-hybridized carbons (Fsp3) is 0.391. The summed E-state index contributed by atoms with van der Waals surface area (Å²) in [7, 11) is -3.59. The van der Waals surface area contributed by atoms with Crippen LogP contribution >= 0.6 is 0 Å². The van der Waals surface area contributed by atoms with E-state index >= 15 is 0 Å². The van der Waals surface area contributed by atoms with E-state index in [1.807, 2.05) is 13.8 Å². The standard InChI is InChI=1S/C23H28N2O5S/c1-16-6-4-7-17(2)25(16)31(28,29)22-12-10-20(11-13-22)24-23(27)15-30-21-9-5-8-19(14-21)18(3)26/h5,8-14,16-17H,4,6-7,15H2,1-3H3,(H,24,27). The summed E-state index contributed by atoms with van der Waals surface area (Å²) in [6.45, 7) is 5.11. The number of sulfonamides is 1. The molecule has 1 fully saturated rings. The smallest absolute Gasteiger partial charge is 0.262 e. The highest BCUT2D eigenvalue weighted by Gasteiger charge is 2.35. The molecule has 2 unspecified atom stereocenters. The molecule has 31 heavy (non-hydrogen) atoms. The van der Waals surface area contributed by atoms with Gasteiger partial charge in [0.05, 0.1) is 4.90 Å². The second-order valence-corrected chi connectivity index (χ2v) is 9.75. The number of hydrogen-bond donors (Lipinski definition) is 1. The normalized spacial score (nSPS) is 19.6. The number of rotatable bonds is 7. The highest BCUT2D eigenvalue weighted by atomic mass is 32.2. The molecule has 1 aliphatic rings. The van der Waals surface area contributed by atoms with Crippen molar-refractivity contribution in [2.75, 3.05) is 11.9 Å². The molecule has 3 rings (SSSR count). The summed E-state index contributed by atoms with van der Waals surface area (Å²) in [6.07, 6.45) is 2.74. The van der Waals surface area contributed by atoms with Crippen LogP contribution in [0.25, 0.3) is 0 Å². The van der Waals surface area contributed by atoms with Crippen LogP contribution in [0.2, 0.25) is 0 Å². The van der Waals surface area contributed by atoms with E-state index in [0.717, 1.165) is 19.3 Å². The number of carbonyl (C=O) groups is 2. The number of ether oxygens (including phenoxy) is 1. The summed E-state index contributed by atoms with van der Waals surface area (Å²) >= 11 is 0. The molecule has 0 saturated carbocycles. The third-order valence-corrected chi connectivity index (χ3v) is 7.58. The molecule has 1 aliphatic heterocycles. The number of nitrogens with zero attached hydrogens (tertiary/aromatic N) is 1. The van der Waals surface area contributed by atoms with Gasteiger partial charge in [0, 0.05) is 23.3 Å². The van der Waals surface area contributed by atoms with E-state index in [2.05, 4.69) is 5.32 Å². The molecule has 0 aromatic heterocycles. The van der Waals surface area contributed by atoms with Crippen molar-refractivity contribution in [1.82, 2.24) is 4.31 Å². The average Bonchev–Trinajstić information content (AvgIpc) is 2.72. The Kier molecular flexibility index (Phi) is 7.12. The Morgan fingerprint density at radius 2 is 1.71 bits per heavy atom. The highest BCUT2D eigenvalue weighted by molar-refractivity contribution is 7.89. The molecule has 1 amide bonds. The zero-order valence-electron chi connectivity index (χ0n) is 18.0. The van der Waals surface area contributed by atoms with Crippen molar-refractivity contribution < 1.29 is 22.7 Å². The first-order valence-electron chi connectivity index (χ1n) is 10.4. The molecule has 0 spiro atoms. The molecular weight excluding hydrogens is 416 g/mol. The molecule has 1 saturated heterocycles. The first-order valence-corrected chi connectivity index (χ1v) is 11.8. The predicted molar refractivity (Wildman–Crippen MR) is 119 cm³/mol. The summed E-state index contributed by atoms with van der Waals surface area (Å²) < 4.78 is 33.2. The van der Waals surface area contributed by atoms with E-state index in [9.17, 15) is 18.0 Å². The Morgan fingerprint density at radius 3 is 2.32 bits per heavy atom. The van der Waals surface area contributed by atoms with Crippen molar-refractivity contribution >= 4 is 27.4 Å². The van der Waals surface area contributed by atoms with Crippen molar-refractivity contribution in [3.05, 3.63) is 54.1 Å². The number of ketones is 1. The fourth-order valence-electron chi connectivity index (χ4n) is 3.85. The van der Waals surface area contributed by atoms with Crippen molar-refractivity contribution in [3.8, 4) is 5.75 Å². The van der Waals surface area contributed by atoms with Gasteiger partial charge in [0.15, 0.2) is 12.4 Å². The lowest BCUT2D eigenvalue weighted by Crippen LogP contribution is -2.47. The number of piperidine rings is 1. The first kappa shape index (κ1) is 23.0. The van der Waals surface area contributed by atoms with Crippen LogP contribution in [0.4, 0.5) is 5.69 Å². The minimum atomic E-state index is -3.59. The minimum absolute atomic E-state index is 0.0354. The summed E-state index contributed by atoms with van der Waals surface area (Å²) in [5, 5.41) is 2.69. The van der Waals surface area contributed by atoms with E-state index in [1.54, 1.807) is 40.7 Å². The quantitative estimate of drug-likeness (QED) is 0.655. The largest absolute Gasteiger partial charge is 0.484 e. The summed E-state index contributed by atoms with van der Waals surface area (Å²) in [4.78, 5) is 23.8. The van der Waals surface area contributed by atoms with Gasteiger partial charge in [-0.25, -0.2) is 8.42 Å². The molecule has 0 aliphatic carbocycles. The zero-order chi connectivity index (χ0) is 22.6. The van der Waals surface area contributed by atoms with Gasteiger partial charge in [-0.15, -0.1) is 0 Å². The van der Waals surface area contributed by atoms with Crippen LogP contribution in [-0.2, 0) is 14.8 Å². The maximum absolute atomic E-state index is 13.1.